The molecule has 1 fully saturated rings. The van der Waals surface area contributed by atoms with Crippen LogP contribution < -0.4 is 9.47 Å². The second-order valence-corrected chi connectivity index (χ2v) is 7.29. The Hall–Kier alpha value is -3.28. The fraction of sp³-hybridized carbons (Fsp3) is 0.304. The quantitative estimate of drug-likeness (QED) is 0.441. The van der Waals surface area contributed by atoms with Gasteiger partial charge in [0.25, 0.3) is 5.91 Å². The first-order chi connectivity index (χ1) is 14.1. The van der Waals surface area contributed by atoms with Crippen molar-refractivity contribution in [3.63, 3.8) is 0 Å². The summed E-state index contributed by atoms with van der Waals surface area (Å²) in [4.78, 5) is 26.3. The van der Waals surface area contributed by atoms with E-state index in [1.165, 1.54) is 4.90 Å². The normalized spacial score (nSPS) is 16.8. The number of nitrogens with zero attached hydrogens (tertiary/aromatic N) is 1. The first kappa shape index (κ1) is 19.1. The summed E-state index contributed by atoms with van der Waals surface area (Å²) in [5.41, 5.74) is 2.51. The van der Waals surface area contributed by atoms with Gasteiger partial charge < -0.3 is 14.6 Å². The van der Waals surface area contributed by atoms with Gasteiger partial charge in [-0.25, -0.2) is 0 Å². The van der Waals surface area contributed by atoms with Crippen molar-refractivity contribution in [2.24, 2.45) is 0 Å². The Labute approximate surface area is 169 Å². The minimum atomic E-state index is -0.208. The highest BCUT2D eigenvalue weighted by Gasteiger charge is 2.33. The lowest BCUT2D eigenvalue weighted by atomic mass is 10.1. The maximum absolute atomic E-state index is 12.6. The summed E-state index contributed by atoms with van der Waals surface area (Å²) < 4.78 is 10.6. The molecule has 2 amide bonds. The summed E-state index contributed by atoms with van der Waals surface area (Å²) in [6.45, 7) is 0.432. The second-order valence-electron chi connectivity index (χ2n) is 7.29. The smallest absolute Gasteiger partial charge is 0.256 e. The molecule has 0 unspecified atom stereocenters. The number of ether oxygens (including phenoxy) is 2. The van der Waals surface area contributed by atoms with Gasteiger partial charge in [0.15, 0.2) is 11.5 Å². The predicted molar refractivity (Wildman–Crippen MR) is 106 cm³/mol. The second kappa shape index (κ2) is 8.39. The molecule has 2 aromatic carbocycles. The molecule has 6 nitrogen and oxygen atoms in total. The third-order valence-electron chi connectivity index (χ3n) is 5.16. The monoisotopic (exact) mass is 393 g/mol. The molecule has 2 aliphatic rings. The first-order valence-corrected chi connectivity index (χ1v) is 9.80. The Morgan fingerprint density at radius 1 is 1.00 bits per heavy atom. The lowest BCUT2D eigenvalue weighted by Crippen LogP contribution is -2.28. The molecule has 1 N–H and O–H groups in total. The third-order valence-corrected chi connectivity index (χ3v) is 5.16. The highest BCUT2D eigenvalue weighted by atomic mass is 16.7. The largest absolute Gasteiger partial charge is 0.508 e. The molecular weight excluding hydrogens is 370 g/mol. The van der Waals surface area contributed by atoms with Crippen LogP contribution in [0.4, 0.5) is 0 Å². The van der Waals surface area contributed by atoms with Gasteiger partial charge in [0.1, 0.15) is 5.75 Å². The molecule has 0 saturated carbocycles. The zero-order valence-electron chi connectivity index (χ0n) is 16.1. The fourth-order valence-electron chi connectivity index (χ4n) is 3.62. The molecule has 0 spiro atoms. The number of carbonyl (C=O) groups excluding carboxylic acids is 2. The van der Waals surface area contributed by atoms with E-state index in [0.29, 0.717) is 17.1 Å². The van der Waals surface area contributed by atoms with Gasteiger partial charge >= 0.3 is 0 Å². The van der Waals surface area contributed by atoms with Gasteiger partial charge in [-0.2, -0.15) is 0 Å². The summed E-state index contributed by atoms with van der Waals surface area (Å²) in [5.74, 6) is 1.23. The number of aromatic hydroxyl groups is 1. The molecule has 2 aliphatic heterocycles. The minimum absolute atomic E-state index is 0.163. The van der Waals surface area contributed by atoms with Gasteiger partial charge in [-0.1, -0.05) is 24.3 Å². The van der Waals surface area contributed by atoms with Crippen molar-refractivity contribution in [2.75, 3.05) is 6.79 Å². The van der Waals surface area contributed by atoms with Gasteiger partial charge in [-0.05, 0) is 61.1 Å². The Kier molecular flexibility index (Phi) is 5.51. The zero-order valence-corrected chi connectivity index (χ0v) is 16.1. The van der Waals surface area contributed by atoms with Crippen LogP contribution in [0.1, 0.15) is 36.8 Å². The van der Waals surface area contributed by atoms with Crippen LogP contribution in [0.2, 0.25) is 0 Å². The van der Waals surface area contributed by atoms with Gasteiger partial charge in [0.05, 0.1) is 13.0 Å². The number of rotatable bonds is 7. The number of hydrogen-bond donors (Lipinski definition) is 1. The van der Waals surface area contributed by atoms with Crippen LogP contribution >= 0.6 is 0 Å². The number of allylic oxidation sites excluding steroid dienone is 1. The van der Waals surface area contributed by atoms with Crippen LogP contribution in [0.3, 0.4) is 0 Å². The summed E-state index contributed by atoms with van der Waals surface area (Å²) in [6, 6.07) is 12.7. The number of unbranched alkanes of at least 4 members (excludes halogenated alkanes) is 2. The van der Waals surface area contributed by atoms with E-state index in [9.17, 15) is 14.7 Å². The minimum Gasteiger partial charge on any atom is -0.508 e. The van der Waals surface area contributed by atoms with Crippen molar-refractivity contribution >= 4 is 11.8 Å². The molecule has 0 aromatic heterocycles. The maximum atomic E-state index is 12.6. The van der Waals surface area contributed by atoms with Crippen molar-refractivity contribution in [1.82, 2.24) is 4.90 Å². The number of hydrogen-bond acceptors (Lipinski definition) is 5. The Bertz CT molecular complexity index is 965. The maximum Gasteiger partial charge on any atom is 0.256 e. The van der Waals surface area contributed by atoms with E-state index >= 15 is 0 Å². The van der Waals surface area contributed by atoms with Gasteiger partial charge in [-0.15, -0.1) is 0 Å². The van der Waals surface area contributed by atoms with E-state index in [4.69, 9.17) is 9.47 Å². The topological polar surface area (TPSA) is 76.1 Å². The fourth-order valence-corrected chi connectivity index (χ4v) is 3.62. The lowest BCUT2D eigenvalue weighted by Gasteiger charge is -2.13. The van der Waals surface area contributed by atoms with E-state index in [-0.39, 0.29) is 37.3 Å². The average molecular weight is 393 g/mol. The molecular formula is C23H23NO5. The molecule has 2 heterocycles. The van der Waals surface area contributed by atoms with Crippen LogP contribution in [0.5, 0.6) is 17.2 Å². The highest BCUT2D eigenvalue weighted by molar-refractivity contribution is 6.13. The number of fused-ring (bicyclic) bond motifs is 1. The number of benzene rings is 2. The number of likely N-dealkylation sites (tertiary alicyclic amines) is 1. The van der Waals surface area contributed by atoms with Crippen LogP contribution in [-0.2, 0) is 22.6 Å². The molecule has 4 rings (SSSR count). The summed E-state index contributed by atoms with van der Waals surface area (Å²) in [7, 11) is 0. The summed E-state index contributed by atoms with van der Waals surface area (Å²) in [6.07, 6.45) is 5.56. The van der Waals surface area contributed by atoms with Crippen LogP contribution in [0.25, 0.3) is 0 Å². The van der Waals surface area contributed by atoms with Crippen molar-refractivity contribution in [3.8, 4) is 17.2 Å². The van der Waals surface area contributed by atoms with Crippen molar-refractivity contribution in [1.29, 1.82) is 0 Å². The molecule has 0 aliphatic carbocycles. The van der Waals surface area contributed by atoms with Gasteiger partial charge in [0.2, 0.25) is 12.7 Å². The SMILES string of the molecule is O=C1C/C(=C\CCCCc2cccc(O)c2)C(=O)N1Cc1ccc2c(c1)OCO2. The standard InChI is InChI=1S/C23H23NO5/c25-19-8-4-6-16(11-19)5-2-1-3-7-18-13-22(26)24(23(18)27)14-17-9-10-20-21(12-17)29-15-28-20/h4,6-12,25H,1-3,5,13-15H2/b18-7+. The molecule has 0 bridgehead atoms. The lowest BCUT2D eigenvalue weighted by molar-refractivity contribution is -0.138. The van der Waals surface area contributed by atoms with Crippen molar-refractivity contribution in [3.05, 3.63) is 65.2 Å². The van der Waals surface area contributed by atoms with E-state index < -0.39 is 0 Å². The third kappa shape index (κ3) is 4.42. The van der Waals surface area contributed by atoms with E-state index in [0.717, 1.165) is 36.8 Å². The van der Waals surface area contributed by atoms with Crippen LogP contribution in [0, 0.1) is 0 Å². The van der Waals surface area contributed by atoms with Crippen molar-refractivity contribution < 1.29 is 24.2 Å². The molecule has 0 radical (unpaired) electrons. The summed E-state index contributed by atoms with van der Waals surface area (Å²) >= 11 is 0. The van der Waals surface area contributed by atoms with Gasteiger partial charge in [0, 0.05) is 5.57 Å². The van der Waals surface area contributed by atoms with E-state index in [2.05, 4.69) is 0 Å². The van der Waals surface area contributed by atoms with E-state index in [1.807, 2.05) is 30.3 Å². The molecule has 29 heavy (non-hydrogen) atoms. The predicted octanol–water partition coefficient (Wildman–Crippen LogP) is 3.72. The molecule has 2 aromatic rings. The van der Waals surface area contributed by atoms with E-state index in [1.54, 1.807) is 18.2 Å². The van der Waals surface area contributed by atoms with Crippen LogP contribution in [0.15, 0.2) is 54.1 Å². The number of aryl methyl sites for hydroxylation is 1. The summed E-state index contributed by atoms with van der Waals surface area (Å²) in [5, 5.41) is 9.49. The van der Waals surface area contributed by atoms with Gasteiger partial charge in [-0.3, -0.25) is 14.5 Å². The Balaban J connectivity index is 1.29. The number of imide groups is 1. The number of phenols is 1. The van der Waals surface area contributed by atoms with Crippen LogP contribution in [-0.4, -0.2) is 28.6 Å². The molecule has 150 valence electrons. The Morgan fingerprint density at radius 3 is 2.72 bits per heavy atom. The highest BCUT2D eigenvalue weighted by Crippen LogP contribution is 2.33. The number of phenolic OH excluding ortho intramolecular Hbond substituents is 1. The Morgan fingerprint density at radius 2 is 1.86 bits per heavy atom. The zero-order chi connectivity index (χ0) is 20.2. The first-order valence-electron chi connectivity index (χ1n) is 9.80. The number of amides is 2. The molecule has 6 heteroatoms. The molecule has 1 saturated heterocycles. The average Bonchev–Trinajstić information content (AvgIpc) is 3.27. The molecule has 0 atom stereocenters. The number of carbonyl (C=O) groups is 2. The van der Waals surface area contributed by atoms with Crippen molar-refractivity contribution in [2.45, 2.75) is 38.6 Å².